The van der Waals surface area contributed by atoms with Gasteiger partial charge in [-0.3, -0.25) is 4.68 Å². The molecule has 0 spiro atoms. The summed E-state index contributed by atoms with van der Waals surface area (Å²) in [4.78, 5) is 0. The predicted molar refractivity (Wildman–Crippen MR) is 74.7 cm³/mol. The lowest BCUT2D eigenvalue weighted by molar-refractivity contribution is 0.512. The Bertz CT molecular complexity index is 575. The number of aryl methyl sites for hydroxylation is 1. The van der Waals surface area contributed by atoms with E-state index < -0.39 is 0 Å². The third-order valence-corrected chi connectivity index (χ3v) is 3.58. The molecule has 0 aliphatic heterocycles. The van der Waals surface area contributed by atoms with E-state index in [4.69, 9.17) is 5.73 Å². The van der Waals surface area contributed by atoms with E-state index >= 15 is 0 Å². The van der Waals surface area contributed by atoms with Crippen molar-refractivity contribution < 1.29 is 4.39 Å². The highest BCUT2D eigenvalue weighted by atomic mass is 19.1. The fraction of sp³-hybridized carbons (Fsp3) is 0.400. The van der Waals surface area contributed by atoms with Gasteiger partial charge in [-0.15, -0.1) is 0 Å². The second-order valence-corrected chi connectivity index (χ2v) is 4.75. The monoisotopic (exact) mass is 261 g/mol. The van der Waals surface area contributed by atoms with Crippen LogP contribution in [0.2, 0.25) is 0 Å². The Morgan fingerprint density at radius 3 is 2.63 bits per heavy atom. The highest BCUT2D eigenvalue weighted by Gasteiger charge is 2.18. The summed E-state index contributed by atoms with van der Waals surface area (Å²) in [6.45, 7) is 6.55. The van der Waals surface area contributed by atoms with Gasteiger partial charge in [0, 0.05) is 12.2 Å². The van der Waals surface area contributed by atoms with Crippen molar-refractivity contribution in [2.75, 3.05) is 6.54 Å². The normalized spacial score (nSPS) is 12.7. The van der Waals surface area contributed by atoms with Crippen molar-refractivity contribution in [3.63, 3.8) is 0 Å². The summed E-state index contributed by atoms with van der Waals surface area (Å²) in [5.74, 6) is -0.242. The fourth-order valence-corrected chi connectivity index (χ4v) is 2.60. The first-order chi connectivity index (χ1) is 9.08. The van der Waals surface area contributed by atoms with E-state index in [1.54, 1.807) is 6.07 Å². The second kappa shape index (κ2) is 5.53. The van der Waals surface area contributed by atoms with Crippen LogP contribution in [0.5, 0.6) is 0 Å². The van der Waals surface area contributed by atoms with Crippen LogP contribution in [0.4, 0.5) is 4.39 Å². The molecular formula is C15H20FN3. The third kappa shape index (κ3) is 2.54. The Morgan fingerprint density at radius 2 is 2.11 bits per heavy atom. The molecule has 102 valence electrons. The van der Waals surface area contributed by atoms with Crippen molar-refractivity contribution in [3.05, 3.63) is 52.6 Å². The average Bonchev–Trinajstić information content (AvgIpc) is 2.66. The van der Waals surface area contributed by atoms with Crippen LogP contribution in [0.15, 0.2) is 24.3 Å². The molecule has 1 aromatic heterocycles. The minimum atomic E-state index is -0.242. The largest absolute Gasteiger partial charge is 0.328 e. The molecule has 0 saturated carbocycles. The van der Waals surface area contributed by atoms with Gasteiger partial charge < -0.3 is 5.73 Å². The van der Waals surface area contributed by atoms with Crippen LogP contribution < -0.4 is 5.73 Å². The molecule has 3 nitrogen and oxygen atoms in total. The molecule has 0 aliphatic carbocycles. The lowest BCUT2D eigenvalue weighted by Gasteiger charge is -2.18. The summed E-state index contributed by atoms with van der Waals surface area (Å²) in [7, 11) is 0. The maximum atomic E-state index is 13.4. The molecular weight excluding hydrogens is 241 g/mol. The quantitative estimate of drug-likeness (QED) is 0.919. The van der Waals surface area contributed by atoms with Gasteiger partial charge in [-0.25, -0.2) is 4.39 Å². The Kier molecular flexibility index (Phi) is 4.00. The van der Waals surface area contributed by atoms with Crippen molar-refractivity contribution in [1.82, 2.24) is 9.78 Å². The van der Waals surface area contributed by atoms with Crippen LogP contribution in [-0.2, 0) is 6.42 Å². The van der Waals surface area contributed by atoms with Gasteiger partial charge in [0.15, 0.2) is 0 Å². The predicted octanol–water partition coefficient (Wildman–Crippen LogP) is 2.75. The fourth-order valence-electron chi connectivity index (χ4n) is 2.60. The number of hydrogen-bond donors (Lipinski definition) is 1. The maximum Gasteiger partial charge on any atom is 0.123 e. The first kappa shape index (κ1) is 13.7. The zero-order valence-electron chi connectivity index (χ0n) is 11.7. The molecule has 0 aliphatic rings. The van der Waals surface area contributed by atoms with Crippen molar-refractivity contribution in [1.29, 1.82) is 0 Å². The summed E-state index contributed by atoms with van der Waals surface area (Å²) in [5.41, 5.74) is 10.1. The molecule has 0 fully saturated rings. The summed E-state index contributed by atoms with van der Waals surface area (Å²) in [6, 6.07) is 6.45. The van der Waals surface area contributed by atoms with Crippen molar-refractivity contribution in [2.45, 2.75) is 33.2 Å². The van der Waals surface area contributed by atoms with Gasteiger partial charge in [0.25, 0.3) is 0 Å². The van der Waals surface area contributed by atoms with Gasteiger partial charge in [-0.1, -0.05) is 19.1 Å². The number of nitrogens with zero attached hydrogens (tertiary/aromatic N) is 2. The van der Waals surface area contributed by atoms with Crippen LogP contribution in [0.3, 0.4) is 0 Å². The van der Waals surface area contributed by atoms with Crippen molar-refractivity contribution in [3.8, 4) is 0 Å². The van der Waals surface area contributed by atoms with Crippen LogP contribution in [0.1, 0.15) is 35.5 Å². The Labute approximate surface area is 113 Å². The van der Waals surface area contributed by atoms with Gasteiger partial charge in [-0.05, 0) is 43.5 Å². The lowest BCUT2D eigenvalue weighted by Crippen LogP contribution is -2.22. The van der Waals surface area contributed by atoms with E-state index in [-0.39, 0.29) is 11.9 Å². The highest BCUT2D eigenvalue weighted by Crippen LogP contribution is 2.23. The van der Waals surface area contributed by atoms with Crippen LogP contribution in [0.25, 0.3) is 0 Å². The SMILES string of the molecule is CCc1c(C)nn(C(CN)c2cccc(F)c2)c1C. The van der Waals surface area contributed by atoms with E-state index in [0.717, 1.165) is 23.4 Å². The average molecular weight is 261 g/mol. The van der Waals surface area contributed by atoms with Gasteiger partial charge in [-0.2, -0.15) is 5.10 Å². The smallest absolute Gasteiger partial charge is 0.123 e. The summed E-state index contributed by atoms with van der Waals surface area (Å²) >= 11 is 0. The van der Waals surface area contributed by atoms with Gasteiger partial charge in [0.2, 0.25) is 0 Å². The minimum absolute atomic E-state index is 0.116. The zero-order valence-corrected chi connectivity index (χ0v) is 11.7. The van der Waals surface area contributed by atoms with Crippen LogP contribution >= 0.6 is 0 Å². The van der Waals surface area contributed by atoms with Crippen molar-refractivity contribution in [2.24, 2.45) is 5.73 Å². The maximum absolute atomic E-state index is 13.4. The zero-order chi connectivity index (χ0) is 14.0. The molecule has 19 heavy (non-hydrogen) atoms. The lowest BCUT2D eigenvalue weighted by atomic mass is 10.1. The molecule has 1 heterocycles. The standard InChI is InChI=1S/C15H20FN3/c1-4-14-10(2)18-19(11(14)3)15(9-17)12-6-5-7-13(16)8-12/h5-8,15H,4,9,17H2,1-3H3. The number of aromatic nitrogens is 2. The van der Waals surface area contributed by atoms with E-state index in [9.17, 15) is 4.39 Å². The van der Waals surface area contributed by atoms with Gasteiger partial charge >= 0.3 is 0 Å². The number of benzene rings is 1. The summed E-state index contributed by atoms with van der Waals surface area (Å²) in [6.07, 6.45) is 0.943. The molecule has 1 aromatic carbocycles. The molecule has 2 rings (SSSR count). The second-order valence-electron chi connectivity index (χ2n) is 4.75. The highest BCUT2D eigenvalue weighted by molar-refractivity contribution is 5.28. The Hall–Kier alpha value is -1.68. The molecule has 0 saturated heterocycles. The van der Waals surface area contributed by atoms with Crippen LogP contribution in [0, 0.1) is 19.7 Å². The number of rotatable bonds is 4. The van der Waals surface area contributed by atoms with E-state index in [0.29, 0.717) is 6.54 Å². The summed E-state index contributed by atoms with van der Waals surface area (Å²) < 4.78 is 15.3. The molecule has 1 atom stereocenters. The molecule has 1 unspecified atom stereocenters. The Balaban J connectivity index is 2.48. The molecule has 0 radical (unpaired) electrons. The first-order valence-corrected chi connectivity index (χ1v) is 6.58. The van der Waals surface area contributed by atoms with E-state index in [1.165, 1.54) is 17.7 Å². The van der Waals surface area contributed by atoms with Crippen LogP contribution in [-0.4, -0.2) is 16.3 Å². The molecule has 0 amide bonds. The van der Waals surface area contributed by atoms with Crippen molar-refractivity contribution >= 4 is 0 Å². The van der Waals surface area contributed by atoms with E-state index in [1.807, 2.05) is 24.6 Å². The molecule has 4 heteroatoms. The number of hydrogen-bond acceptors (Lipinski definition) is 2. The van der Waals surface area contributed by atoms with Gasteiger partial charge in [0.05, 0.1) is 11.7 Å². The molecule has 2 N–H and O–H groups in total. The van der Waals surface area contributed by atoms with Gasteiger partial charge in [0.1, 0.15) is 5.82 Å². The minimum Gasteiger partial charge on any atom is -0.328 e. The topological polar surface area (TPSA) is 43.8 Å². The number of nitrogens with two attached hydrogens (primary N) is 1. The number of halogens is 1. The Morgan fingerprint density at radius 1 is 1.37 bits per heavy atom. The molecule has 0 bridgehead atoms. The first-order valence-electron chi connectivity index (χ1n) is 6.58. The molecule has 2 aromatic rings. The van der Waals surface area contributed by atoms with E-state index in [2.05, 4.69) is 12.0 Å². The summed E-state index contributed by atoms with van der Waals surface area (Å²) in [5, 5.41) is 4.57. The third-order valence-electron chi connectivity index (χ3n) is 3.58.